The number of carbonyl (C=O) groups is 1. The van der Waals surface area contributed by atoms with Crippen molar-refractivity contribution in [1.82, 2.24) is 4.90 Å². The van der Waals surface area contributed by atoms with Crippen LogP contribution < -0.4 is 5.73 Å². The number of primary amides is 1. The van der Waals surface area contributed by atoms with E-state index in [2.05, 4.69) is 18.0 Å². The number of nitrogens with two attached hydrogens (primary N) is 1. The van der Waals surface area contributed by atoms with Gasteiger partial charge in [0, 0.05) is 26.3 Å². The highest BCUT2D eigenvalue weighted by molar-refractivity contribution is 5.84. The first-order valence-electron chi connectivity index (χ1n) is 7.88. The zero-order valence-corrected chi connectivity index (χ0v) is 13.4. The van der Waals surface area contributed by atoms with Gasteiger partial charge in [0.1, 0.15) is 0 Å². The average molecular weight is 306 g/mol. The molecule has 0 fully saturated rings. The molecule has 22 heavy (non-hydrogen) atoms. The van der Waals surface area contributed by atoms with Crippen LogP contribution in [0.2, 0.25) is 0 Å². The molecule has 2 rings (SSSR count). The van der Waals surface area contributed by atoms with Gasteiger partial charge in [-0.3, -0.25) is 4.79 Å². The number of hydrogen-bond donors (Lipinski definition) is 2. The molecule has 0 saturated heterocycles. The smallest absolute Gasteiger partial charge is 0.227 e. The van der Waals surface area contributed by atoms with E-state index in [0.29, 0.717) is 6.42 Å². The normalized spacial score (nSPS) is 20.4. The summed E-state index contributed by atoms with van der Waals surface area (Å²) < 4.78 is 5.34. The number of ether oxygens (including phenoxy) is 1. The van der Waals surface area contributed by atoms with E-state index in [4.69, 9.17) is 10.5 Å². The molecule has 122 valence electrons. The van der Waals surface area contributed by atoms with Crippen molar-refractivity contribution in [2.45, 2.75) is 38.3 Å². The summed E-state index contributed by atoms with van der Waals surface area (Å²) in [5, 5.41) is 10.00. The van der Waals surface area contributed by atoms with Gasteiger partial charge in [-0.05, 0) is 43.5 Å². The van der Waals surface area contributed by atoms with Gasteiger partial charge in [0.25, 0.3) is 0 Å². The number of aliphatic hydroxyl groups excluding tert-OH is 1. The van der Waals surface area contributed by atoms with Crippen LogP contribution in [0.4, 0.5) is 0 Å². The van der Waals surface area contributed by atoms with Gasteiger partial charge < -0.3 is 20.5 Å². The van der Waals surface area contributed by atoms with Crippen molar-refractivity contribution >= 4 is 5.91 Å². The van der Waals surface area contributed by atoms with Crippen molar-refractivity contribution in [2.75, 3.05) is 26.8 Å². The molecule has 0 spiro atoms. The molecule has 1 aliphatic carbocycles. The molecule has 0 radical (unpaired) electrons. The Morgan fingerprint density at radius 1 is 1.50 bits per heavy atom. The Kier molecular flexibility index (Phi) is 5.94. The summed E-state index contributed by atoms with van der Waals surface area (Å²) >= 11 is 0. The number of rotatable bonds is 8. The second kappa shape index (κ2) is 7.72. The molecule has 2 atom stereocenters. The van der Waals surface area contributed by atoms with Crippen LogP contribution in [-0.2, 0) is 22.5 Å². The minimum atomic E-state index is -0.688. The molecule has 5 nitrogen and oxygen atoms in total. The monoisotopic (exact) mass is 306 g/mol. The largest absolute Gasteiger partial charge is 0.392 e. The fourth-order valence-electron chi connectivity index (χ4n) is 3.08. The number of benzene rings is 1. The third kappa shape index (κ3) is 4.06. The van der Waals surface area contributed by atoms with Crippen molar-refractivity contribution in [3.63, 3.8) is 0 Å². The molecule has 5 heteroatoms. The number of amides is 1. The van der Waals surface area contributed by atoms with E-state index in [1.165, 1.54) is 0 Å². The quantitative estimate of drug-likeness (QED) is 0.703. The van der Waals surface area contributed by atoms with E-state index < -0.39 is 17.9 Å². The fraction of sp³-hybridized carbons (Fsp3) is 0.588. The molecule has 0 saturated carbocycles. The number of hydrogen-bond acceptors (Lipinski definition) is 4. The molecule has 1 aromatic rings. The topological polar surface area (TPSA) is 75.8 Å². The van der Waals surface area contributed by atoms with Gasteiger partial charge in [-0.2, -0.15) is 0 Å². The zero-order chi connectivity index (χ0) is 16.1. The van der Waals surface area contributed by atoms with Crippen molar-refractivity contribution < 1.29 is 14.6 Å². The number of fused-ring (bicyclic) bond motifs is 1. The standard InChI is InChI=1S/C17H26N2O3/c1-3-22-8-4-7-19(2)11-12-5-6-13-10-15(20)16(17(18)21)14(13)9-12/h5-6,9,15-16,20H,3-4,7-8,10-11H2,1-2H3,(H2,18,21). The molecule has 1 aliphatic rings. The molecule has 0 heterocycles. The van der Waals surface area contributed by atoms with Gasteiger partial charge in [-0.25, -0.2) is 0 Å². The number of nitrogens with zero attached hydrogens (tertiary/aromatic N) is 1. The van der Waals surface area contributed by atoms with Crippen molar-refractivity contribution in [3.05, 3.63) is 34.9 Å². The Bertz CT molecular complexity index is 519. The van der Waals surface area contributed by atoms with Gasteiger partial charge in [0.15, 0.2) is 0 Å². The molecule has 1 amide bonds. The van der Waals surface area contributed by atoms with E-state index in [1.54, 1.807) is 0 Å². The fourth-order valence-corrected chi connectivity index (χ4v) is 3.08. The summed E-state index contributed by atoms with van der Waals surface area (Å²) in [6, 6.07) is 6.08. The molecule has 0 aromatic heterocycles. The van der Waals surface area contributed by atoms with E-state index >= 15 is 0 Å². The molecular formula is C17H26N2O3. The van der Waals surface area contributed by atoms with Crippen molar-refractivity contribution in [3.8, 4) is 0 Å². The van der Waals surface area contributed by atoms with Crippen molar-refractivity contribution in [2.24, 2.45) is 5.73 Å². The Morgan fingerprint density at radius 2 is 2.27 bits per heavy atom. The van der Waals surface area contributed by atoms with Gasteiger partial charge in [0.2, 0.25) is 5.91 Å². The molecular weight excluding hydrogens is 280 g/mol. The van der Waals surface area contributed by atoms with Crippen LogP contribution in [0.5, 0.6) is 0 Å². The SMILES string of the molecule is CCOCCCN(C)Cc1ccc2c(c1)C(C(N)=O)C(O)C2. The Hall–Kier alpha value is -1.43. The summed E-state index contributed by atoms with van der Waals surface area (Å²) in [5.74, 6) is -1.02. The lowest BCUT2D eigenvalue weighted by atomic mass is 9.97. The Labute approximate surface area is 132 Å². The maximum Gasteiger partial charge on any atom is 0.227 e. The zero-order valence-electron chi connectivity index (χ0n) is 13.4. The second-order valence-corrected chi connectivity index (χ2v) is 5.97. The highest BCUT2D eigenvalue weighted by atomic mass is 16.5. The maximum atomic E-state index is 11.5. The maximum absolute atomic E-state index is 11.5. The summed E-state index contributed by atoms with van der Waals surface area (Å²) in [6.45, 7) is 5.30. The van der Waals surface area contributed by atoms with E-state index in [1.807, 2.05) is 19.1 Å². The van der Waals surface area contributed by atoms with E-state index in [-0.39, 0.29) is 0 Å². The first-order chi connectivity index (χ1) is 10.5. The highest BCUT2D eigenvalue weighted by Crippen LogP contribution is 2.34. The summed E-state index contributed by atoms with van der Waals surface area (Å²) in [5.41, 5.74) is 8.48. The molecule has 0 bridgehead atoms. The van der Waals surface area contributed by atoms with Crippen LogP contribution in [0.25, 0.3) is 0 Å². The lowest BCUT2D eigenvalue weighted by Gasteiger charge is -2.18. The average Bonchev–Trinajstić information content (AvgIpc) is 2.79. The molecule has 0 aliphatic heterocycles. The minimum Gasteiger partial charge on any atom is -0.392 e. The third-order valence-electron chi connectivity index (χ3n) is 4.15. The van der Waals surface area contributed by atoms with Gasteiger partial charge in [-0.15, -0.1) is 0 Å². The van der Waals surface area contributed by atoms with Crippen LogP contribution in [-0.4, -0.2) is 48.8 Å². The number of carbonyl (C=O) groups excluding carboxylic acids is 1. The highest BCUT2D eigenvalue weighted by Gasteiger charge is 2.35. The Morgan fingerprint density at radius 3 is 2.95 bits per heavy atom. The molecule has 1 aromatic carbocycles. The van der Waals surface area contributed by atoms with Crippen LogP contribution >= 0.6 is 0 Å². The van der Waals surface area contributed by atoms with Crippen LogP contribution in [0.15, 0.2) is 18.2 Å². The summed E-state index contributed by atoms with van der Waals surface area (Å²) in [4.78, 5) is 13.8. The molecule has 2 unspecified atom stereocenters. The van der Waals surface area contributed by atoms with Gasteiger partial charge in [0.05, 0.1) is 12.0 Å². The van der Waals surface area contributed by atoms with Gasteiger partial charge in [-0.1, -0.05) is 18.2 Å². The first kappa shape index (κ1) is 16.9. The van der Waals surface area contributed by atoms with Gasteiger partial charge >= 0.3 is 0 Å². The van der Waals surface area contributed by atoms with Crippen molar-refractivity contribution in [1.29, 1.82) is 0 Å². The molecule has 3 N–H and O–H groups in total. The minimum absolute atomic E-state index is 0.450. The third-order valence-corrected chi connectivity index (χ3v) is 4.15. The Balaban J connectivity index is 1.98. The lowest BCUT2D eigenvalue weighted by Crippen LogP contribution is -2.28. The van der Waals surface area contributed by atoms with Crippen LogP contribution in [0.1, 0.15) is 36.0 Å². The summed E-state index contributed by atoms with van der Waals surface area (Å²) in [7, 11) is 2.07. The van der Waals surface area contributed by atoms with E-state index in [9.17, 15) is 9.90 Å². The van der Waals surface area contributed by atoms with Crippen LogP contribution in [0.3, 0.4) is 0 Å². The lowest BCUT2D eigenvalue weighted by molar-refractivity contribution is -0.121. The number of aliphatic hydroxyl groups is 1. The van der Waals surface area contributed by atoms with E-state index in [0.717, 1.165) is 49.4 Å². The van der Waals surface area contributed by atoms with Crippen LogP contribution in [0, 0.1) is 0 Å². The summed E-state index contributed by atoms with van der Waals surface area (Å²) in [6.07, 6.45) is 0.817. The predicted octanol–water partition coefficient (Wildman–Crippen LogP) is 1.03. The predicted molar refractivity (Wildman–Crippen MR) is 85.5 cm³/mol. The second-order valence-electron chi connectivity index (χ2n) is 5.97. The first-order valence-corrected chi connectivity index (χ1v) is 7.88.